The van der Waals surface area contributed by atoms with Gasteiger partial charge in [0.25, 0.3) is 0 Å². The molecule has 0 bridgehead atoms. The first-order valence-corrected chi connectivity index (χ1v) is 8.87. The minimum Gasteiger partial charge on any atom is -0.375 e. The summed E-state index contributed by atoms with van der Waals surface area (Å²) in [6, 6.07) is 0.952. The van der Waals surface area contributed by atoms with Crippen molar-refractivity contribution in [2.75, 3.05) is 6.61 Å². The third-order valence-corrected chi connectivity index (χ3v) is 6.11. The second kappa shape index (κ2) is 6.12. The van der Waals surface area contributed by atoms with Crippen LogP contribution in [0.25, 0.3) is 0 Å². The monoisotopic (exact) mass is 294 g/mol. The molecule has 3 rings (SSSR count). The van der Waals surface area contributed by atoms with Gasteiger partial charge in [-0.05, 0) is 39.0 Å². The van der Waals surface area contributed by atoms with Crippen LogP contribution in [0.1, 0.15) is 68.3 Å². The van der Waals surface area contributed by atoms with E-state index in [1.807, 2.05) is 17.5 Å². The van der Waals surface area contributed by atoms with Gasteiger partial charge in [-0.15, -0.1) is 11.3 Å². The first-order chi connectivity index (χ1) is 9.71. The van der Waals surface area contributed by atoms with Crippen LogP contribution in [-0.4, -0.2) is 23.2 Å². The molecule has 1 aromatic heterocycles. The van der Waals surface area contributed by atoms with Crippen molar-refractivity contribution >= 4 is 11.3 Å². The smallest absolute Gasteiger partial charge is 0.109 e. The third kappa shape index (κ3) is 3.07. The number of nitrogens with zero attached hydrogens (tertiary/aromatic N) is 1. The van der Waals surface area contributed by atoms with E-state index in [9.17, 15) is 0 Å². The van der Waals surface area contributed by atoms with Gasteiger partial charge in [-0.25, -0.2) is 4.98 Å². The number of aryl methyl sites for hydroxylation is 1. The van der Waals surface area contributed by atoms with Crippen molar-refractivity contribution in [3.05, 3.63) is 16.1 Å². The second-order valence-corrected chi connectivity index (χ2v) is 7.48. The molecule has 0 radical (unpaired) electrons. The molecule has 2 unspecified atom stereocenters. The van der Waals surface area contributed by atoms with Gasteiger partial charge in [0.1, 0.15) is 5.01 Å². The molecular weight excluding hydrogens is 268 g/mol. The van der Waals surface area contributed by atoms with E-state index in [2.05, 4.69) is 24.1 Å². The molecule has 3 nitrogen and oxygen atoms in total. The molecule has 0 amide bonds. The number of hydrogen-bond donors (Lipinski definition) is 1. The number of rotatable bonds is 4. The predicted octanol–water partition coefficient (Wildman–Crippen LogP) is 3.85. The molecule has 112 valence electrons. The molecule has 2 atom stereocenters. The van der Waals surface area contributed by atoms with Crippen LogP contribution in [0.4, 0.5) is 0 Å². The summed E-state index contributed by atoms with van der Waals surface area (Å²) in [7, 11) is 0. The molecule has 20 heavy (non-hydrogen) atoms. The van der Waals surface area contributed by atoms with Gasteiger partial charge in [0.15, 0.2) is 0 Å². The average molecular weight is 294 g/mol. The molecule has 1 aliphatic carbocycles. The summed E-state index contributed by atoms with van der Waals surface area (Å²) in [6.45, 7) is 5.36. The summed E-state index contributed by atoms with van der Waals surface area (Å²) in [4.78, 5) is 5.95. The highest BCUT2D eigenvalue weighted by Gasteiger charge is 2.40. The van der Waals surface area contributed by atoms with Gasteiger partial charge in [0.2, 0.25) is 0 Å². The van der Waals surface area contributed by atoms with E-state index in [-0.39, 0.29) is 5.60 Å². The van der Waals surface area contributed by atoms with E-state index in [0.29, 0.717) is 12.1 Å². The van der Waals surface area contributed by atoms with Crippen LogP contribution in [0.3, 0.4) is 0 Å². The molecule has 1 aromatic rings. The van der Waals surface area contributed by atoms with Gasteiger partial charge in [-0.2, -0.15) is 0 Å². The van der Waals surface area contributed by atoms with E-state index in [1.165, 1.54) is 42.0 Å². The minimum absolute atomic E-state index is 0.201. The lowest BCUT2D eigenvalue weighted by atomic mass is 9.88. The summed E-state index contributed by atoms with van der Waals surface area (Å²) in [5, 5.41) is 5.02. The molecule has 2 heterocycles. The SMILES string of the molecule is CCc1cnc(C(C)NC2CCOC3(CCCC3)C2)s1. The molecule has 2 aliphatic rings. The summed E-state index contributed by atoms with van der Waals surface area (Å²) < 4.78 is 6.11. The normalized spacial score (nSPS) is 27.0. The molecule has 1 aliphatic heterocycles. The lowest BCUT2D eigenvalue weighted by Crippen LogP contribution is -2.46. The van der Waals surface area contributed by atoms with Crippen LogP contribution in [0.2, 0.25) is 0 Å². The Morgan fingerprint density at radius 2 is 2.30 bits per heavy atom. The highest BCUT2D eigenvalue weighted by Crippen LogP contribution is 2.40. The Kier molecular flexibility index (Phi) is 4.43. The molecule has 1 saturated heterocycles. The van der Waals surface area contributed by atoms with Crippen molar-refractivity contribution in [3.8, 4) is 0 Å². The maximum atomic E-state index is 6.11. The molecule has 1 saturated carbocycles. The highest BCUT2D eigenvalue weighted by atomic mass is 32.1. The van der Waals surface area contributed by atoms with Crippen LogP contribution in [0.5, 0.6) is 0 Å². The Morgan fingerprint density at radius 1 is 1.50 bits per heavy atom. The summed E-state index contributed by atoms with van der Waals surface area (Å²) >= 11 is 1.85. The van der Waals surface area contributed by atoms with Crippen molar-refractivity contribution in [2.45, 2.75) is 76.5 Å². The lowest BCUT2D eigenvalue weighted by Gasteiger charge is -2.39. The fourth-order valence-electron chi connectivity index (χ4n) is 3.65. The number of nitrogens with one attached hydrogen (secondary N) is 1. The largest absolute Gasteiger partial charge is 0.375 e. The van der Waals surface area contributed by atoms with Crippen molar-refractivity contribution < 1.29 is 4.74 Å². The topological polar surface area (TPSA) is 34.2 Å². The minimum atomic E-state index is 0.201. The molecule has 0 aromatic carbocycles. The zero-order chi connectivity index (χ0) is 14.0. The zero-order valence-corrected chi connectivity index (χ0v) is 13.5. The van der Waals surface area contributed by atoms with Crippen LogP contribution in [-0.2, 0) is 11.2 Å². The Morgan fingerprint density at radius 3 is 3.00 bits per heavy atom. The van der Waals surface area contributed by atoms with E-state index < -0.39 is 0 Å². The molecule has 1 spiro atoms. The van der Waals surface area contributed by atoms with Crippen molar-refractivity contribution in [1.29, 1.82) is 0 Å². The van der Waals surface area contributed by atoms with Crippen molar-refractivity contribution in [3.63, 3.8) is 0 Å². The van der Waals surface area contributed by atoms with E-state index >= 15 is 0 Å². The number of aromatic nitrogens is 1. The fourth-order valence-corrected chi connectivity index (χ4v) is 4.52. The molecule has 4 heteroatoms. The van der Waals surface area contributed by atoms with Gasteiger partial charge in [0, 0.05) is 23.7 Å². The van der Waals surface area contributed by atoms with Crippen LogP contribution < -0.4 is 5.32 Å². The maximum absolute atomic E-state index is 6.11. The van der Waals surface area contributed by atoms with E-state index in [1.54, 1.807) is 0 Å². The third-order valence-electron chi connectivity index (χ3n) is 4.78. The highest BCUT2D eigenvalue weighted by molar-refractivity contribution is 7.11. The van der Waals surface area contributed by atoms with Crippen LogP contribution in [0.15, 0.2) is 6.20 Å². The second-order valence-electron chi connectivity index (χ2n) is 6.34. The first-order valence-electron chi connectivity index (χ1n) is 8.05. The van der Waals surface area contributed by atoms with Gasteiger partial charge in [0.05, 0.1) is 11.6 Å². The number of ether oxygens (including phenoxy) is 1. The molecular formula is C16H26N2OS. The standard InChI is InChI=1S/C16H26N2OS/c1-3-14-11-17-15(20-14)12(2)18-13-6-9-19-16(10-13)7-4-5-8-16/h11-13,18H,3-10H2,1-2H3. The molecule has 1 N–H and O–H groups in total. The maximum Gasteiger partial charge on any atom is 0.109 e. The summed E-state index contributed by atoms with van der Waals surface area (Å²) in [6.07, 6.45) is 10.6. The number of hydrogen-bond acceptors (Lipinski definition) is 4. The van der Waals surface area contributed by atoms with E-state index in [4.69, 9.17) is 4.74 Å². The molecule has 2 fully saturated rings. The Bertz CT molecular complexity index is 439. The van der Waals surface area contributed by atoms with Gasteiger partial charge >= 0.3 is 0 Å². The van der Waals surface area contributed by atoms with Crippen molar-refractivity contribution in [2.24, 2.45) is 0 Å². The Labute approximate surface area is 126 Å². The van der Waals surface area contributed by atoms with Crippen LogP contribution in [0, 0.1) is 0 Å². The van der Waals surface area contributed by atoms with Crippen LogP contribution >= 0.6 is 11.3 Å². The fraction of sp³-hybridized carbons (Fsp3) is 0.812. The Balaban J connectivity index is 1.59. The average Bonchev–Trinajstić information content (AvgIpc) is 3.08. The first kappa shape index (κ1) is 14.5. The summed E-state index contributed by atoms with van der Waals surface area (Å²) in [5.41, 5.74) is 0.201. The summed E-state index contributed by atoms with van der Waals surface area (Å²) in [5.74, 6) is 0. The predicted molar refractivity (Wildman–Crippen MR) is 83.2 cm³/mol. The quantitative estimate of drug-likeness (QED) is 0.916. The Hall–Kier alpha value is -0.450. The number of thiazole rings is 1. The van der Waals surface area contributed by atoms with Crippen molar-refractivity contribution in [1.82, 2.24) is 10.3 Å². The van der Waals surface area contributed by atoms with Gasteiger partial charge < -0.3 is 10.1 Å². The van der Waals surface area contributed by atoms with Gasteiger partial charge in [-0.1, -0.05) is 19.8 Å². The van der Waals surface area contributed by atoms with Gasteiger partial charge in [-0.3, -0.25) is 0 Å². The zero-order valence-electron chi connectivity index (χ0n) is 12.7. The van der Waals surface area contributed by atoms with E-state index in [0.717, 1.165) is 19.4 Å². The lowest BCUT2D eigenvalue weighted by molar-refractivity contribution is -0.0846.